The van der Waals surface area contributed by atoms with Crippen LogP contribution in [0.2, 0.25) is 4.34 Å². The Labute approximate surface area is 102 Å². The monoisotopic (exact) mass is 262 g/mol. The van der Waals surface area contributed by atoms with Crippen molar-refractivity contribution in [2.75, 3.05) is 6.54 Å². The van der Waals surface area contributed by atoms with Crippen molar-refractivity contribution < 1.29 is 14.7 Å². The molecule has 1 atom stereocenters. The number of aliphatic carboxylic acids is 1. The molecule has 5 nitrogen and oxygen atoms in total. The lowest BCUT2D eigenvalue weighted by Crippen LogP contribution is -2.33. The minimum atomic E-state index is -1.11. The van der Waals surface area contributed by atoms with Crippen LogP contribution in [0.1, 0.15) is 24.4 Å². The van der Waals surface area contributed by atoms with Gasteiger partial charge in [0.2, 0.25) is 6.41 Å². The van der Waals surface area contributed by atoms with Crippen LogP contribution in [-0.4, -0.2) is 33.9 Å². The molecule has 7 heteroatoms. The fourth-order valence-corrected chi connectivity index (χ4v) is 2.33. The molecule has 1 unspecified atom stereocenters. The molecule has 88 valence electrons. The number of rotatable bonds is 6. The summed E-state index contributed by atoms with van der Waals surface area (Å²) in [5.41, 5.74) is 0. The average molecular weight is 263 g/mol. The molecular weight excluding hydrogens is 252 g/mol. The van der Waals surface area contributed by atoms with Gasteiger partial charge in [0, 0.05) is 6.54 Å². The van der Waals surface area contributed by atoms with E-state index in [0.29, 0.717) is 28.7 Å². The molecule has 1 rings (SSSR count). The van der Waals surface area contributed by atoms with Crippen LogP contribution in [0.25, 0.3) is 0 Å². The number of carboxylic acids is 1. The van der Waals surface area contributed by atoms with E-state index < -0.39 is 12.0 Å². The molecular formula is C9H11ClN2O3S. The summed E-state index contributed by atoms with van der Waals surface area (Å²) in [7, 11) is 0. The molecule has 1 N–H and O–H groups in total. The van der Waals surface area contributed by atoms with E-state index in [1.54, 1.807) is 0 Å². The van der Waals surface area contributed by atoms with Crippen molar-refractivity contribution in [2.45, 2.75) is 19.4 Å². The minimum Gasteiger partial charge on any atom is -0.479 e. The van der Waals surface area contributed by atoms with Gasteiger partial charge < -0.3 is 10.0 Å². The Hall–Kier alpha value is -1.14. The van der Waals surface area contributed by atoms with Gasteiger partial charge in [0.05, 0.1) is 6.20 Å². The van der Waals surface area contributed by atoms with Crippen LogP contribution in [0.3, 0.4) is 0 Å². The molecule has 0 radical (unpaired) electrons. The zero-order valence-corrected chi connectivity index (χ0v) is 10.2. The van der Waals surface area contributed by atoms with Crippen molar-refractivity contribution in [3.05, 3.63) is 15.5 Å². The third-order valence-electron chi connectivity index (χ3n) is 1.91. The van der Waals surface area contributed by atoms with Crippen LogP contribution in [0.4, 0.5) is 0 Å². The molecule has 0 saturated heterocycles. The molecule has 0 aromatic carbocycles. The summed E-state index contributed by atoms with van der Waals surface area (Å²) in [5, 5.41) is 9.40. The third kappa shape index (κ3) is 2.93. The number of aromatic nitrogens is 1. The van der Waals surface area contributed by atoms with Gasteiger partial charge in [-0.15, -0.1) is 11.3 Å². The van der Waals surface area contributed by atoms with Crippen LogP contribution in [0.5, 0.6) is 0 Å². The maximum Gasteiger partial charge on any atom is 0.333 e. The van der Waals surface area contributed by atoms with Crippen LogP contribution >= 0.6 is 22.9 Å². The molecule has 1 aromatic heterocycles. The first kappa shape index (κ1) is 12.9. The maximum absolute atomic E-state index is 11.1. The highest BCUT2D eigenvalue weighted by atomic mass is 35.5. The summed E-state index contributed by atoms with van der Waals surface area (Å²) in [4.78, 5) is 27.0. The number of thiazole rings is 1. The number of carbonyl (C=O) groups excluding carboxylic acids is 1. The summed E-state index contributed by atoms with van der Waals surface area (Å²) in [6.07, 6.45) is 2.59. The summed E-state index contributed by atoms with van der Waals surface area (Å²) in [6.45, 7) is 2.24. The van der Waals surface area contributed by atoms with Gasteiger partial charge in [0.15, 0.2) is 6.04 Å². The van der Waals surface area contributed by atoms with E-state index in [1.807, 2.05) is 6.92 Å². The molecule has 0 bridgehead atoms. The van der Waals surface area contributed by atoms with E-state index in [2.05, 4.69) is 4.98 Å². The Morgan fingerprint density at radius 1 is 1.81 bits per heavy atom. The molecule has 16 heavy (non-hydrogen) atoms. The fraction of sp³-hybridized carbons (Fsp3) is 0.444. The first-order valence-corrected chi connectivity index (χ1v) is 5.84. The number of halogens is 1. The first-order valence-electron chi connectivity index (χ1n) is 4.65. The second kappa shape index (κ2) is 5.81. The van der Waals surface area contributed by atoms with E-state index in [-0.39, 0.29) is 0 Å². The quantitative estimate of drug-likeness (QED) is 0.794. The van der Waals surface area contributed by atoms with Gasteiger partial charge in [-0.05, 0) is 6.42 Å². The molecule has 0 aliphatic carbocycles. The van der Waals surface area contributed by atoms with Gasteiger partial charge in [-0.25, -0.2) is 9.78 Å². The lowest BCUT2D eigenvalue weighted by atomic mass is 10.2. The smallest absolute Gasteiger partial charge is 0.333 e. The average Bonchev–Trinajstić information content (AvgIpc) is 2.63. The Bertz CT molecular complexity index is 383. The second-order valence-electron chi connectivity index (χ2n) is 3.09. The topological polar surface area (TPSA) is 70.5 Å². The summed E-state index contributed by atoms with van der Waals surface area (Å²) in [6, 6.07) is -1.05. The van der Waals surface area contributed by atoms with E-state index in [9.17, 15) is 9.59 Å². The third-order valence-corrected chi connectivity index (χ3v) is 3.08. The number of hydrogen-bond donors (Lipinski definition) is 1. The minimum absolute atomic E-state index is 0.318. The molecule has 0 aliphatic rings. The van der Waals surface area contributed by atoms with E-state index >= 15 is 0 Å². The van der Waals surface area contributed by atoms with Crippen LogP contribution < -0.4 is 0 Å². The predicted molar refractivity (Wildman–Crippen MR) is 60.6 cm³/mol. The summed E-state index contributed by atoms with van der Waals surface area (Å²) < 4.78 is 0.406. The molecule has 1 amide bonds. The Kier molecular flexibility index (Phi) is 4.70. The summed E-state index contributed by atoms with van der Waals surface area (Å²) >= 11 is 6.76. The van der Waals surface area contributed by atoms with E-state index in [4.69, 9.17) is 16.7 Å². The maximum atomic E-state index is 11.1. The lowest BCUT2D eigenvalue weighted by molar-refractivity contribution is -0.146. The Balaban J connectivity index is 2.98. The fourth-order valence-electron chi connectivity index (χ4n) is 1.28. The highest BCUT2D eigenvalue weighted by Gasteiger charge is 2.28. The number of nitrogens with zero attached hydrogens (tertiary/aromatic N) is 2. The normalized spacial score (nSPS) is 12.1. The van der Waals surface area contributed by atoms with E-state index in [0.717, 1.165) is 11.3 Å². The molecule has 0 saturated carbocycles. The highest BCUT2D eigenvalue weighted by molar-refractivity contribution is 7.16. The van der Waals surface area contributed by atoms with Crippen molar-refractivity contribution in [1.29, 1.82) is 0 Å². The van der Waals surface area contributed by atoms with Crippen molar-refractivity contribution in [1.82, 2.24) is 9.88 Å². The number of carboxylic acid groups (broad SMARTS) is 1. The van der Waals surface area contributed by atoms with Crippen molar-refractivity contribution >= 4 is 35.3 Å². The number of carbonyl (C=O) groups is 2. The number of hydrogen-bond acceptors (Lipinski definition) is 4. The van der Waals surface area contributed by atoms with Gasteiger partial charge in [-0.1, -0.05) is 18.5 Å². The van der Waals surface area contributed by atoms with Gasteiger partial charge in [-0.2, -0.15) is 0 Å². The molecule has 0 fully saturated rings. The Morgan fingerprint density at radius 3 is 2.88 bits per heavy atom. The molecule has 1 heterocycles. The molecule has 1 aromatic rings. The largest absolute Gasteiger partial charge is 0.479 e. The number of amides is 1. The zero-order valence-electron chi connectivity index (χ0n) is 8.59. The van der Waals surface area contributed by atoms with Crippen LogP contribution in [0.15, 0.2) is 6.20 Å². The first-order chi connectivity index (χ1) is 7.60. The van der Waals surface area contributed by atoms with Crippen molar-refractivity contribution in [3.63, 3.8) is 0 Å². The SMILES string of the molecule is CCCN(C=O)C(C(=O)O)c1ncc(Cl)s1. The standard InChI is InChI=1S/C9H11ClN2O3S/c1-2-3-12(5-13)7(9(14)15)8-11-4-6(10)16-8/h4-5,7H,2-3H2,1H3,(H,14,15). The van der Waals surface area contributed by atoms with Gasteiger partial charge in [0.25, 0.3) is 0 Å². The predicted octanol–water partition coefficient (Wildman–Crippen LogP) is 1.79. The Morgan fingerprint density at radius 2 is 2.50 bits per heavy atom. The highest BCUT2D eigenvalue weighted by Crippen LogP contribution is 2.27. The van der Waals surface area contributed by atoms with Gasteiger partial charge >= 0.3 is 5.97 Å². The van der Waals surface area contributed by atoms with Crippen LogP contribution in [0, 0.1) is 0 Å². The van der Waals surface area contributed by atoms with E-state index in [1.165, 1.54) is 11.1 Å². The van der Waals surface area contributed by atoms with Gasteiger partial charge in [0.1, 0.15) is 9.34 Å². The van der Waals surface area contributed by atoms with Crippen LogP contribution in [-0.2, 0) is 9.59 Å². The second-order valence-corrected chi connectivity index (χ2v) is 4.78. The van der Waals surface area contributed by atoms with Crippen molar-refractivity contribution in [3.8, 4) is 0 Å². The van der Waals surface area contributed by atoms with Crippen molar-refractivity contribution in [2.24, 2.45) is 0 Å². The summed E-state index contributed by atoms with van der Waals surface area (Å²) in [5.74, 6) is -1.11. The zero-order chi connectivity index (χ0) is 12.1. The molecule has 0 spiro atoms. The lowest BCUT2D eigenvalue weighted by Gasteiger charge is -2.22. The molecule has 0 aliphatic heterocycles. The van der Waals surface area contributed by atoms with Gasteiger partial charge in [-0.3, -0.25) is 4.79 Å².